The Morgan fingerprint density at radius 1 is 1.06 bits per heavy atom. The highest BCUT2D eigenvalue weighted by Gasteiger charge is 2.47. The fraction of sp³-hybridized carbons (Fsp3) is 0.568. The maximum Gasteiger partial charge on any atom is 0.284 e. The molecule has 3 atom stereocenters. The lowest BCUT2D eigenvalue weighted by Gasteiger charge is -2.52. The Morgan fingerprint density at radius 3 is 2.63 bits per heavy atom. The highest BCUT2D eigenvalue weighted by atomic mass is 19.3. The van der Waals surface area contributed by atoms with Crippen LogP contribution in [0.5, 0.6) is 5.75 Å². The summed E-state index contributed by atoms with van der Waals surface area (Å²) in [6.07, 6.45) is 11.9. The fourth-order valence-corrected chi connectivity index (χ4v) is 11.3. The SMILES string of the molecule is Cn1nc(C2CCC(=O)NC2=O)c2cccc(OC3CC4(CCN(CC5CCC(n6cc(NC(=O)c7cnn8ccc(N9C[C@H]%10C[C@@H]9CO%10)nc78)c(C(F)F)n6)CC5)CC4)C3)c21. The minimum absolute atomic E-state index is 0.00968. The zero-order chi connectivity index (χ0) is 42.3. The number of ether oxygens (including phenoxy) is 2. The van der Waals surface area contributed by atoms with E-state index in [1.807, 2.05) is 31.3 Å². The Hall–Kier alpha value is -5.49. The molecule has 4 aliphatic heterocycles. The number of morpholine rings is 1. The quantitative estimate of drug-likeness (QED) is 0.169. The highest BCUT2D eigenvalue weighted by Crippen LogP contribution is 2.51. The Morgan fingerprint density at radius 2 is 1.89 bits per heavy atom. The second kappa shape index (κ2) is 15.4. The normalized spacial score (nSPS) is 26.5. The molecule has 6 fully saturated rings. The van der Waals surface area contributed by atoms with E-state index in [2.05, 4.69) is 30.6 Å². The van der Waals surface area contributed by atoms with Crippen LogP contribution in [0.15, 0.2) is 42.9 Å². The summed E-state index contributed by atoms with van der Waals surface area (Å²) in [5, 5.41) is 19.4. The van der Waals surface area contributed by atoms with E-state index >= 15 is 0 Å². The van der Waals surface area contributed by atoms with Crippen molar-refractivity contribution in [1.82, 2.24) is 44.4 Å². The van der Waals surface area contributed by atoms with Crippen LogP contribution in [0.3, 0.4) is 0 Å². The molecule has 18 heteroatoms. The van der Waals surface area contributed by atoms with Gasteiger partial charge in [-0.3, -0.25) is 29.1 Å². The van der Waals surface area contributed by atoms with E-state index in [1.54, 1.807) is 21.8 Å². The molecule has 4 saturated heterocycles. The van der Waals surface area contributed by atoms with E-state index < -0.39 is 23.9 Å². The van der Waals surface area contributed by atoms with Gasteiger partial charge in [0.2, 0.25) is 11.8 Å². The Kier molecular flexibility index (Phi) is 9.77. The maximum atomic E-state index is 14.3. The fourth-order valence-electron chi connectivity index (χ4n) is 11.3. The molecule has 2 bridgehead atoms. The van der Waals surface area contributed by atoms with Gasteiger partial charge >= 0.3 is 0 Å². The van der Waals surface area contributed by atoms with Crippen molar-refractivity contribution in [2.24, 2.45) is 18.4 Å². The van der Waals surface area contributed by atoms with Gasteiger partial charge in [-0.1, -0.05) is 12.1 Å². The maximum absolute atomic E-state index is 14.3. The molecular weight excluding hydrogens is 801 g/mol. The molecule has 326 valence electrons. The van der Waals surface area contributed by atoms with Gasteiger partial charge in [0.1, 0.15) is 22.6 Å². The molecule has 0 radical (unpaired) electrons. The summed E-state index contributed by atoms with van der Waals surface area (Å²) in [7, 11) is 1.87. The van der Waals surface area contributed by atoms with Gasteiger partial charge in [0, 0.05) is 44.3 Å². The molecule has 4 aromatic heterocycles. The molecule has 2 N–H and O–H groups in total. The van der Waals surface area contributed by atoms with Gasteiger partial charge < -0.3 is 24.6 Å². The van der Waals surface area contributed by atoms with Crippen molar-refractivity contribution in [1.29, 1.82) is 0 Å². The first-order chi connectivity index (χ1) is 30.1. The number of carbonyl (C=O) groups is 3. The molecule has 11 rings (SSSR count). The predicted octanol–water partition coefficient (Wildman–Crippen LogP) is 5.56. The van der Waals surface area contributed by atoms with Crippen molar-refractivity contribution in [2.75, 3.05) is 43.0 Å². The number of alkyl halides is 2. The zero-order valence-electron chi connectivity index (χ0n) is 34.7. The van der Waals surface area contributed by atoms with Crippen molar-refractivity contribution < 1.29 is 32.6 Å². The third-order valence-corrected chi connectivity index (χ3v) is 14.7. The number of nitrogens with zero attached hydrogens (tertiary/aromatic N) is 9. The number of fused-ring (bicyclic) bond motifs is 4. The van der Waals surface area contributed by atoms with Crippen LogP contribution in [0.1, 0.15) is 111 Å². The number of anilines is 2. The molecule has 6 aliphatic rings. The van der Waals surface area contributed by atoms with Crippen molar-refractivity contribution in [2.45, 2.75) is 107 Å². The summed E-state index contributed by atoms with van der Waals surface area (Å²) in [5.74, 6) is 0.503. The number of hydrogen-bond acceptors (Lipinski definition) is 11. The summed E-state index contributed by atoms with van der Waals surface area (Å²) in [6.45, 7) is 4.53. The number of para-hydroxylation sites is 1. The van der Waals surface area contributed by atoms with E-state index in [0.29, 0.717) is 42.1 Å². The van der Waals surface area contributed by atoms with Gasteiger partial charge in [0.05, 0.1) is 54.4 Å². The smallest absolute Gasteiger partial charge is 0.284 e. The molecular formula is C44H51F2N11O5. The summed E-state index contributed by atoms with van der Waals surface area (Å²) in [4.78, 5) is 47.5. The molecule has 1 unspecified atom stereocenters. The molecule has 1 spiro atoms. The first kappa shape index (κ1) is 39.4. The van der Waals surface area contributed by atoms with Crippen LogP contribution in [0.25, 0.3) is 16.6 Å². The predicted molar refractivity (Wildman–Crippen MR) is 222 cm³/mol. The van der Waals surface area contributed by atoms with E-state index in [0.717, 1.165) is 106 Å². The molecule has 16 nitrogen and oxygen atoms in total. The Bertz CT molecular complexity index is 2550. The Labute approximate surface area is 356 Å². The van der Waals surface area contributed by atoms with Crippen LogP contribution in [0.4, 0.5) is 20.3 Å². The van der Waals surface area contributed by atoms with Crippen molar-refractivity contribution >= 4 is 45.8 Å². The van der Waals surface area contributed by atoms with Crippen LogP contribution in [-0.4, -0.2) is 108 Å². The molecule has 2 saturated carbocycles. The largest absolute Gasteiger partial charge is 0.488 e. The number of piperidine rings is 2. The second-order valence-corrected chi connectivity index (χ2v) is 18.6. The van der Waals surface area contributed by atoms with E-state index in [4.69, 9.17) is 19.6 Å². The lowest BCUT2D eigenvalue weighted by atomic mass is 9.61. The lowest BCUT2D eigenvalue weighted by Crippen LogP contribution is -2.51. The monoisotopic (exact) mass is 851 g/mol. The van der Waals surface area contributed by atoms with Crippen LogP contribution >= 0.6 is 0 Å². The van der Waals surface area contributed by atoms with Crippen LogP contribution in [-0.2, 0) is 21.4 Å². The highest BCUT2D eigenvalue weighted by molar-refractivity contribution is 6.08. The minimum Gasteiger partial charge on any atom is -0.488 e. The van der Waals surface area contributed by atoms with Gasteiger partial charge in [0.15, 0.2) is 11.3 Å². The van der Waals surface area contributed by atoms with Crippen LogP contribution in [0, 0.1) is 11.3 Å². The average Bonchev–Trinajstić information content (AvgIpc) is 4.11. The number of nitrogens with one attached hydrogen (secondary N) is 2. The number of amides is 3. The van der Waals surface area contributed by atoms with Crippen LogP contribution in [0.2, 0.25) is 0 Å². The van der Waals surface area contributed by atoms with Gasteiger partial charge in [-0.15, -0.1) is 0 Å². The zero-order valence-corrected chi connectivity index (χ0v) is 34.7. The molecule has 3 amide bonds. The standard InChI is InChI=1S/C44H51F2N11O5/c1-53-39-30(37(51-53)31-9-10-36(58)50-42(31)59)3-2-4-34(39)62-29-18-44(19-29)12-15-54(16-13-44)21-25-5-7-26(8-6-25)57-23-33(38(52-57)40(45)46)48-43(60)32-20-47-56-14-11-35(49-41(32)56)55-22-28-17-27(55)24-61-28/h2-4,11,14,20,23,25-29,31,40H,5-10,12-13,15-19,21-22,24H2,1H3,(H,48,60)(H,50,58,59)/t25?,26?,27-,28-,31?/m1/s1. The molecule has 8 heterocycles. The first-order valence-corrected chi connectivity index (χ1v) is 22.2. The molecule has 1 aromatic carbocycles. The average molecular weight is 852 g/mol. The Balaban J connectivity index is 0.666. The molecule has 5 aromatic rings. The number of rotatable bonds is 10. The van der Waals surface area contributed by atoms with Gasteiger partial charge in [-0.2, -0.15) is 15.3 Å². The van der Waals surface area contributed by atoms with E-state index in [1.165, 1.54) is 10.7 Å². The molecule has 2 aliphatic carbocycles. The summed E-state index contributed by atoms with van der Waals surface area (Å²) in [5.41, 5.74) is 2.00. The summed E-state index contributed by atoms with van der Waals surface area (Å²) >= 11 is 0. The number of benzene rings is 1. The number of likely N-dealkylation sites (tertiary alicyclic amines) is 1. The topological polar surface area (TPSA) is 166 Å². The number of aromatic nitrogens is 7. The summed E-state index contributed by atoms with van der Waals surface area (Å²) in [6, 6.07) is 8.01. The number of aryl methyl sites for hydroxylation is 1. The minimum atomic E-state index is -2.85. The third-order valence-electron chi connectivity index (χ3n) is 14.7. The third kappa shape index (κ3) is 7.08. The van der Waals surface area contributed by atoms with Gasteiger partial charge in [-0.25, -0.2) is 18.3 Å². The van der Waals surface area contributed by atoms with Crippen molar-refractivity contribution in [3.05, 3.63) is 59.8 Å². The second-order valence-electron chi connectivity index (χ2n) is 18.6. The number of halogens is 2. The van der Waals surface area contributed by atoms with Crippen molar-refractivity contribution in [3.63, 3.8) is 0 Å². The van der Waals surface area contributed by atoms with Gasteiger partial charge in [0.25, 0.3) is 12.3 Å². The summed E-state index contributed by atoms with van der Waals surface area (Å²) < 4.78 is 45.9. The number of imide groups is 1. The number of hydrogen-bond donors (Lipinski definition) is 2. The van der Waals surface area contributed by atoms with E-state index in [-0.39, 0.29) is 47.4 Å². The van der Waals surface area contributed by atoms with Crippen molar-refractivity contribution in [3.8, 4) is 5.75 Å². The molecule has 62 heavy (non-hydrogen) atoms. The van der Waals surface area contributed by atoms with E-state index in [9.17, 15) is 23.2 Å². The van der Waals surface area contributed by atoms with Gasteiger partial charge in [-0.05, 0) is 101 Å². The first-order valence-electron chi connectivity index (χ1n) is 22.2. The lowest BCUT2D eigenvalue weighted by molar-refractivity contribution is -0.134. The number of carbonyl (C=O) groups excluding carboxylic acids is 3. The van der Waals surface area contributed by atoms with Crippen LogP contribution < -0.4 is 20.3 Å².